The minimum absolute atomic E-state index is 0.0247. The average Bonchev–Trinajstić information content (AvgIpc) is 3.25. The molecule has 3 aromatic rings. The number of hydrogen-bond acceptors (Lipinski definition) is 6. The first-order chi connectivity index (χ1) is 21.2. The van der Waals surface area contributed by atoms with Crippen molar-refractivity contribution in [1.82, 2.24) is 5.32 Å². The van der Waals surface area contributed by atoms with Gasteiger partial charge in [0.2, 0.25) is 11.8 Å². The Labute approximate surface area is 265 Å². The molecule has 2 fully saturated rings. The number of rotatable bonds is 5. The SMILES string of the molecule is CC(C)(C)OC(=O)C1CCN(c2ccc(Cc3ccc4c5c(cccc35)C(=O)N4C3CCC(=O)NC3=O)cc2)C(C(C)(C)C)C1. The van der Waals surface area contributed by atoms with Crippen LogP contribution in [-0.4, -0.2) is 47.9 Å². The lowest BCUT2D eigenvalue weighted by Gasteiger charge is -2.47. The zero-order chi connectivity index (χ0) is 32.3. The second kappa shape index (κ2) is 11.3. The van der Waals surface area contributed by atoms with Gasteiger partial charge in [0.25, 0.3) is 5.91 Å². The highest BCUT2D eigenvalue weighted by Crippen LogP contribution is 2.42. The van der Waals surface area contributed by atoms with Crippen molar-refractivity contribution in [1.29, 1.82) is 0 Å². The molecule has 3 aliphatic heterocycles. The molecule has 8 nitrogen and oxygen atoms in total. The molecule has 3 atom stereocenters. The Bertz CT molecular complexity index is 1680. The summed E-state index contributed by atoms with van der Waals surface area (Å²) in [6.07, 6.45) is 2.74. The number of amides is 3. The Balaban J connectivity index is 1.23. The summed E-state index contributed by atoms with van der Waals surface area (Å²) in [6.45, 7) is 13.2. The van der Waals surface area contributed by atoms with Crippen molar-refractivity contribution in [2.24, 2.45) is 11.3 Å². The number of nitrogens with zero attached hydrogens (tertiary/aromatic N) is 2. The van der Waals surface area contributed by atoms with Crippen LogP contribution in [0.2, 0.25) is 0 Å². The smallest absolute Gasteiger partial charge is 0.309 e. The van der Waals surface area contributed by atoms with Gasteiger partial charge in [-0.15, -0.1) is 0 Å². The average molecular weight is 610 g/mol. The van der Waals surface area contributed by atoms with Gasteiger partial charge in [0.05, 0.1) is 11.6 Å². The Kier molecular flexibility index (Phi) is 7.74. The molecule has 45 heavy (non-hydrogen) atoms. The van der Waals surface area contributed by atoms with E-state index in [-0.39, 0.29) is 41.6 Å². The maximum Gasteiger partial charge on any atom is 0.309 e. The molecule has 1 N–H and O–H groups in total. The van der Waals surface area contributed by atoms with Crippen LogP contribution >= 0.6 is 0 Å². The summed E-state index contributed by atoms with van der Waals surface area (Å²) >= 11 is 0. The first-order valence-corrected chi connectivity index (χ1v) is 16.0. The van der Waals surface area contributed by atoms with Crippen LogP contribution in [0.5, 0.6) is 0 Å². The number of imide groups is 1. The molecule has 236 valence electrons. The zero-order valence-electron chi connectivity index (χ0n) is 27.1. The Morgan fingerprint density at radius 2 is 1.67 bits per heavy atom. The van der Waals surface area contributed by atoms with E-state index < -0.39 is 17.6 Å². The molecule has 3 aliphatic rings. The lowest BCUT2D eigenvalue weighted by Crippen LogP contribution is -2.53. The second-order valence-electron chi connectivity index (χ2n) is 14.8. The molecule has 2 saturated heterocycles. The van der Waals surface area contributed by atoms with E-state index in [9.17, 15) is 19.2 Å². The fraction of sp³-hybridized carbons (Fsp3) is 0.459. The quantitative estimate of drug-likeness (QED) is 0.275. The van der Waals surface area contributed by atoms with Gasteiger partial charge in [-0.25, -0.2) is 0 Å². The minimum Gasteiger partial charge on any atom is -0.460 e. The number of benzene rings is 3. The molecule has 6 rings (SSSR count). The van der Waals surface area contributed by atoms with E-state index in [1.54, 1.807) is 4.90 Å². The van der Waals surface area contributed by atoms with Crippen molar-refractivity contribution in [3.05, 3.63) is 71.3 Å². The van der Waals surface area contributed by atoms with Crippen molar-refractivity contribution >= 4 is 45.8 Å². The standard InChI is InChI=1S/C37H43N3O5/c1-36(2,3)30-21-24(35(44)45-37(4,5)6)18-19-39(30)25-13-10-22(11-14-25)20-23-12-15-28-32-26(23)8-7-9-27(32)34(43)40(28)29-16-17-31(41)38-33(29)42/h7-15,24,29-30H,16-21H2,1-6H3,(H,38,41,42). The van der Waals surface area contributed by atoms with E-state index in [0.29, 0.717) is 18.4 Å². The summed E-state index contributed by atoms with van der Waals surface area (Å²) in [5.74, 6) is -1.13. The molecular weight excluding hydrogens is 566 g/mol. The first kappa shape index (κ1) is 30.8. The van der Waals surface area contributed by atoms with Gasteiger partial charge in [0.15, 0.2) is 0 Å². The summed E-state index contributed by atoms with van der Waals surface area (Å²) in [7, 11) is 0. The van der Waals surface area contributed by atoms with E-state index in [1.807, 2.05) is 51.1 Å². The van der Waals surface area contributed by atoms with Crippen molar-refractivity contribution < 1.29 is 23.9 Å². The maximum atomic E-state index is 13.5. The molecule has 0 aromatic heterocycles. The van der Waals surface area contributed by atoms with Crippen LogP contribution in [0.3, 0.4) is 0 Å². The zero-order valence-corrected chi connectivity index (χ0v) is 27.1. The Morgan fingerprint density at radius 1 is 0.933 bits per heavy atom. The third kappa shape index (κ3) is 5.95. The number of esters is 1. The van der Waals surface area contributed by atoms with E-state index in [1.165, 1.54) is 0 Å². The predicted octanol–water partition coefficient (Wildman–Crippen LogP) is 6.17. The molecule has 8 heteroatoms. The minimum atomic E-state index is -0.699. The molecular formula is C37H43N3O5. The molecule has 0 spiro atoms. The van der Waals surface area contributed by atoms with E-state index in [2.05, 4.69) is 55.3 Å². The van der Waals surface area contributed by atoms with Gasteiger partial charge >= 0.3 is 5.97 Å². The summed E-state index contributed by atoms with van der Waals surface area (Å²) in [6, 6.07) is 17.9. The van der Waals surface area contributed by atoms with Gasteiger partial charge < -0.3 is 9.64 Å². The van der Waals surface area contributed by atoms with Crippen LogP contribution in [0, 0.1) is 11.3 Å². The van der Waals surface area contributed by atoms with Crippen molar-refractivity contribution in [3.63, 3.8) is 0 Å². The number of carbonyl (C=O) groups excluding carboxylic acids is 4. The Hall–Kier alpha value is -4.20. The second-order valence-corrected chi connectivity index (χ2v) is 14.8. The fourth-order valence-corrected chi connectivity index (χ4v) is 7.18. The van der Waals surface area contributed by atoms with Gasteiger partial charge in [-0.1, -0.05) is 51.1 Å². The normalized spacial score (nSPS) is 22.2. The summed E-state index contributed by atoms with van der Waals surface area (Å²) in [5.41, 5.74) is 4.20. The molecule has 3 heterocycles. The highest BCUT2D eigenvalue weighted by Gasteiger charge is 2.42. The van der Waals surface area contributed by atoms with E-state index in [0.717, 1.165) is 52.7 Å². The Morgan fingerprint density at radius 3 is 2.33 bits per heavy atom. The number of nitrogens with one attached hydrogen (secondary N) is 1. The van der Waals surface area contributed by atoms with Gasteiger partial charge in [0, 0.05) is 35.6 Å². The summed E-state index contributed by atoms with van der Waals surface area (Å²) in [4.78, 5) is 54.9. The largest absolute Gasteiger partial charge is 0.460 e. The molecule has 3 amide bonds. The maximum absolute atomic E-state index is 13.5. The topological polar surface area (TPSA) is 96.0 Å². The highest BCUT2D eigenvalue weighted by atomic mass is 16.6. The number of piperidine rings is 2. The number of carbonyl (C=O) groups is 4. The van der Waals surface area contributed by atoms with Gasteiger partial charge in [-0.3, -0.25) is 29.4 Å². The van der Waals surface area contributed by atoms with Crippen LogP contribution in [0.15, 0.2) is 54.6 Å². The molecule has 3 aromatic carbocycles. The summed E-state index contributed by atoms with van der Waals surface area (Å²) < 4.78 is 5.74. The monoisotopic (exact) mass is 609 g/mol. The predicted molar refractivity (Wildman–Crippen MR) is 175 cm³/mol. The lowest BCUT2D eigenvalue weighted by atomic mass is 9.76. The van der Waals surface area contributed by atoms with E-state index >= 15 is 0 Å². The van der Waals surface area contributed by atoms with Crippen LogP contribution in [0.4, 0.5) is 11.4 Å². The van der Waals surface area contributed by atoms with Crippen molar-refractivity contribution in [3.8, 4) is 0 Å². The number of ether oxygens (including phenoxy) is 1. The van der Waals surface area contributed by atoms with Crippen LogP contribution in [0.1, 0.15) is 88.7 Å². The lowest BCUT2D eigenvalue weighted by molar-refractivity contribution is -0.161. The number of anilines is 2. The van der Waals surface area contributed by atoms with Crippen LogP contribution < -0.4 is 15.1 Å². The fourth-order valence-electron chi connectivity index (χ4n) is 7.18. The van der Waals surface area contributed by atoms with Crippen LogP contribution in [-0.2, 0) is 25.5 Å². The van der Waals surface area contributed by atoms with Crippen LogP contribution in [0.25, 0.3) is 10.8 Å². The molecule has 0 bridgehead atoms. The van der Waals surface area contributed by atoms with Crippen molar-refractivity contribution in [2.45, 2.75) is 91.3 Å². The third-order valence-corrected chi connectivity index (χ3v) is 9.34. The van der Waals surface area contributed by atoms with Gasteiger partial charge in [-0.05, 0) is 92.6 Å². The molecule has 3 unspecified atom stereocenters. The number of hydrogen-bond donors (Lipinski definition) is 1. The van der Waals surface area contributed by atoms with E-state index in [4.69, 9.17) is 4.74 Å². The van der Waals surface area contributed by atoms with Gasteiger partial charge in [0.1, 0.15) is 11.6 Å². The van der Waals surface area contributed by atoms with Crippen molar-refractivity contribution in [2.75, 3.05) is 16.3 Å². The van der Waals surface area contributed by atoms with Gasteiger partial charge in [-0.2, -0.15) is 0 Å². The molecule has 0 saturated carbocycles. The first-order valence-electron chi connectivity index (χ1n) is 16.0. The molecule has 0 radical (unpaired) electrons. The molecule has 0 aliphatic carbocycles. The summed E-state index contributed by atoms with van der Waals surface area (Å²) in [5, 5.41) is 4.25. The highest BCUT2D eigenvalue weighted by molar-refractivity contribution is 6.27. The third-order valence-electron chi connectivity index (χ3n) is 9.34.